The third kappa shape index (κ3) is 6.36. The highest BCUT2D eigenvalue weighted by Crippen LogP contribution is 2.34. The van der Waals surface area contributed by atoms with E-state index in [1.165, 1.54) is 12.3 Å². The van der Waals surface area contributed by atoms with Crippen LogP contribution in [0.25, 0.3) is 0 Å². The molecule has 2 atom stereocenters. The van der Waals surface area contributed by atoms with Gasteiger partial charge in [-0.05, 0) is 74.1 Å². The number of rotatable bonds is 8. The van der Waals surface area contributed by atoms with E-state index in [0.29, 0.717) is 24.9 Å². The first kappa shape index (κ1) is 22.9. The van der Waals surface area contributed by atoms with E-state index < -0.39 is 0 Å². The van der Waals surface area contributed by atoms with Crippen LogP contribution < -0.4 is 16.2 Å². The number of likely N-dealkylation sites (tertiary alicyclic amines) is 1. The minimum absolute atomic E-state index is 0.0396. The predicted octanol–water partition coefficient (Wildman–Crippen LogP) is 3.95. The lowest BCUT2D eigenvalue weighted by Crippen LogP contribution is -2.50. The summed E-state index contributed by atoms with van der Waals surface area (Å²) in [5.41, 5.74) is 12.6. The van der Waals surface area contributed by atoms with E-state index in [1.807, 2.05) is 6.07 Å². The first-order chi connectivity index (χ1) is 14.6. The third-order valence-corrected chi connectivity index (χ3v) is 6.61. The number of piperidine rings is 1. The molecule has 2 unspecified atom stereocenters. The monoisotopic (exact) mass is 438 g/mol. The second-order valence-electron chi connectivity index (χ2n) is 8.13. The van der Waals surface area contributed by atoms with Crippen LogP contribution in [0, 0.1) is 11.7 Å². The highest BCUT2D eigenvalue weighted by Gasteiger charge is 2.31. The molecule has 3 rings (SSSR count). The van der Waals surface area contributed by atoms with Gasteiger partial charge in [-0.25, -0.2) is 9.11 Å². The van der Waals surface area contributed by atoms with Gasteiger partial charge in [0.2, 0.25) is 0 Å². The van der Waals surface area contributed by atoms with Gasteiger partial charge in [0, 0.05) is 25.0 Å². The molecule has 166 valence electrons. The largest absolute Gasteiger partial charge is 0.405 e. The van der Waals surface area contributed by atoms with E-state index in [9.17, 15) is 8.28 Å². The van der Waals surface area contributed by atoms with Crippen LogP contribution in [0.3, 0.4) is 0 Å². The topological polar surface area (TPSA) is 76.5 Å². The van der Waals surface area contributed by atoms with Crippen molar-refractivity contribution in [1.82, 2.24) is 9.62 Å². The maximum Gasteiger partial charge on any atom is 0.131 e. The van der Waals surface area contributed by atoms with Crippen molar-refractivity contribution >= 4 is 12.3 Å². The minimum atomic E-state index is -0.174. The average Bonchev–Trinajstić information content (AvgIpc) is 2.77. The Morgan fingerprint density at radius 1 is 1.27 bits per heavy atom. The Kier molecular flexibility index (Phi) is 8.84. The first-order valence-electron chi connectivity index (χ1n) is 10.6. The molecular weight excluding hydrogens is 406 g/mol. The Hall–Kier alpha value is -1.77. The first-order valence-corrected chi connectivity index (χ1v) is 11.3. The van der Waals surface area contributed by atoms with Crippen LogP contribution >= 0.6 is 12.3 Å². The quantitative estimate of drug-likeness (QED) is 0.421. The molecule has 30 heavy (non-hydrogen) atoms. The molecule has 0 spiro atoms. The molecule has 0 amide bonds. The van der Waals surface area contributed by atoms with Gasteiger partial charge in [-0.2, -0.15) is 0 Å². The van der Waals surface area contributed by atoms with Crippen LogP contribution in [-0.2, 0) is 4.74 Å². The van der Waals surface area contributed by atoms with Gasteiger partial charge in [0.1, 0.15) is 18.2 Å². The zero-order valence-electron chi connectivity index (χ0n) is 17.2. The predicted molar refractivity (Wildman–Crippen MR) is 118 cm³/mol. The number of benzene rings is 1. The summed E-state index contributed by atoms with van der Waals surface area (Å²) < 4.78 is 35.5. The summed E-state index contributed by atoms with van der Waals surface area (Å²) >= 11 is 0.168. The molecule has 0 aromatic heterocycles. The van der Waals surface area contributed by atoms with Gasteiger partial charge in [0.15, 0.2) is 0 Å². The molecule has 8 heteroatoms. The molecule has 5 N–H and O–H groups in total. The number of nitrogens with zero attached hydrogens (tertiary/aromatic N) is 1. The number of hydrogen-bond donors (Lipinski definition) is 3. The third-order valence-electron chi connectivity index (χ3n) is 6.21. The van der Waals surface area contributed by atoms with Gasteiger partial charge in [0.25, 0.3) is 0 Å². The standard InChI is InChI=1S/C22H32F2N4OS/c23-19-4-1-3-17(13-19)16-6-8-20(9-7-16)29-15-18-14-28(22(26)5-2-11-25)12-10-21(18)27-30-24/h1-5,11,13,16,18,20-21,27H,6-10,12,14-15,25-26H2/b11-2-,22-5+/t16-,18?,20+,21?. The fourth-order valence-electron chi connectivity index (χ4n) is 4.49. The number of nitrogens with two attached hydrogens (primary N) is 2. The normalized spacial score (nSPS) is 28.2. The van der Waals surface area contributed by atoms with Gasteiger partial charge < -0.3 is 21.1 Å². The Bertz CT molecular complexity index is 725. The Labute approximate surface area is 182 Å². The molecule has 1 saturated heterocycles. The lowest BCUT2D eigenvalue weighted by atomic mass is 9.82. The zero-order chi connectivity index (χ0) is 21.3. The van der Waals surface area contributed by atoms with Crippen LogP contribution in [0.4, 0.5) is 8.28 Å². The number of ether oxygens (including phenoxy) is 1. The maximum absolute atomic E-state index is 13.5. The molecule has 0 bridgehead atoms. The lowest BCUT2D eigenvalue weighted by molar-refractivity contribution is -0.0135. The van der Waals surface area contributed by atoms with Crippen LogP contribution in [0.2, 0.25) is 0 Å². The molecule has 1 heterocycles. The SMILES string of the molecule is N/C=C\C=C(/N)N1CCC(NSF)C(CO[C@H]2CC[C@@H](c3cccc(F)c3)CC2)C1. The van der Waals surface area contributed by atoms with Crippen molar-refractivity contribution in [3.63, 3.8) is 0 Å². The molecule has 1 aliphatic heterocycles. The summed E-state index contributed by atoms with van der Waals surface area (Å²) in [6.45, 7) is 2.02. The van der Waals surface area contributed by atoms with Crippen molar-refractivity contribution in [3.05, 3.63) is 59.8 Å². The van der Waals surface area contributed by atoms with Crippen molar-refractivity contribution in [2.45, 2.75) is 50.2 Å². The van der Waals surface area contributed by atoms with Gasteiger partial charge in [-0.15, -0.1) is 3.89 Å². The second kappa shape index (κ2) is 11.6. The molecule has 2 aliphatic rings. The highest BCUT2D eigenvalue weighted by atomic mass is 32.2. The minimum Gasteiger partial charge on any atom is -0.405 e. The number of allylic oxidation sites excluding steroid dienone is 2. The smallest absolute Gasteiger partial charge is 0.131 e. The lowest BCUT2D eigenvalue weighted by Gasteiger charge is -2.40. The number of hydrogen-bond acceptors (Lipinski definition) is 6. The van der Waals surface area contributed by atoms with E-state index in [2.05, 4.69) is 9.62 Å². The van der Waals surface area contributed by atoms with E-state index >= 15 is 0 Å². The Morgan fingerprint density at radius 3 is 2.77 bits per heavy atom. The van der Waals surface area contributed by atoms with Gasteiger partial charge in [-0.1, -0.05) is 12.1 Å². The van der Waals surface area contributed by atoms with Crippen LogP contribution in [-0.4, -0.2) is 36.7 Å². The average molecular weight is 439 g/mol. The van der Waals surface area contributed by atoms with E-state index in [-0.39, 0.29) is 36.2 Å². The van der Waals surface area contributed by atoms with Crippen molar-refractivity contribution in [3.8, 4) is 0 Å². The van der Waals surface area contributed by atoms with E-state index in [1.54, 1.807) is 24.3 Å². The Morgan fingerprint density at radius 2 is 2.07 bits per heavy atom. The number of halogens is 2. The molecule has 1 aromatic carbocycles. The van der Waals surface area contributed by atoms with Crippen molar-refractivity contribution in [1.29, 1.82) is 0 Å². The summed E-state index contributed by atoms with van der Waals surface area (Å²) in [6, 6.07) is 6.96. The molecule has 0 radical (unpaired) electrons. The maximum atomic E-state index is 13.5. The molecule has 2 fully saturated rings. The van der Waals surface area contributed by atoms with Crippen molar-refractivity contribution in [2.75, 3.05) is 19.7 Å². The molecule has 1 aliphatic carbocycles. The molecule has 5 nitrogen and oxygen atoms in total. The summed E-state index contributed by atoms with van der Waals surface area (Å²) in [5, 5.41) is 0. The second-order valence-corrected chi connectivity index (χ2v) is 8.52. The fraction of sp³-hybridized carbons (Fsp3) is 0.545. The van der Waals surface area contributed by atoms with Gasteiger partial charge in [0.05, 0.1) is 18.5 Å². The summed E-state index contributed by atoms with van der Waals surface area (Å²) in [7, 11) is 0. The van der Waals surface area contributed by atoms with Crippen molar-refractivity contribution < 1.29 is 13.0 Å². The molecule has 1 saturated carbocycles. The zero-order valence-corrected chi connectivity index (χ0v) is 18.0. The van der Waals surface area contributed by atoms with Gasteiger partial charge >= 0.3 is 0 Å². The van der Waals surface area contributed by atoms with Crippen molar-refractivity contribution in [2.24, 2.45) is 17.4 Å². The summed E-state index contributed by atoms with van der Waals surface area (Å²) in [5.74, 6) is 1.01. The van der Waals surface area contributed by atoms with E-state index in [4.69, 9.17) is 16.2 Å². The Balaban J connectivity index is 1.51. The number of nitrogens with one attached hydrogen (secondary N) is 1. The van der Waals surface area contributed by atoms with Gasteiger partial charge in [-0.3, -0.25) is 0 Å². The molecule has 1 aromatic rings. The fourth-order valence-corrected chi connectivity index (χ4v) is 4.92. The van der Waals surface area contributed by atoms with E-state index in [0.717, 1.165) is 44.2 Å². The highest BCUT2D eigenvalue weighted by molar-refractivity contribution is 7.92. The van der Waals surface area contributed by atoms with Crippen LogP contribution in [0.5, 0.6) is 0 Å². The summed E-state index contributed by atoms with van der Waals surface area (Å²) in [4.78, 5) is 2.09. The van der Waals surface area contributed by atoms with Crippen LogP contribution in [0.1, 0.15) is 43.6 Å². The summed E-state index contributed by atoms with van der Waals surface area (Å²) in [6.07, 6.45) is 9.82. The van der Waals surface area contributed by atoms with Crippen LogP contribution in [0.15, 0.2) is 48.4 Å². The molecular formula is C22H32F2N4OS.